The number of hydrogen-bond acceptors (Lipinski definition) is 6. The maximum atomic E-state index is 13.0. The zero-order chi connectivity index (χ0) is 22.9. The Morgan fingerprint density at radius 3 is 2.55 bits per heavy atom. The number of hydrogen-bond donors (Lipinski definition) is 2. The van der Waals surface area contributed by atoms with Crippen molar-refractivity contribution >= 4 is 26.7 Å². The van der Waals surface area contributed by atoms with Crippen LogP contribution in [0.4, 0.5) is 0 Å². The average Bonchev–Trinajstić information content (AvgIpc) is 3.09. The molecule has 11 heteroatoms. The number of carbonyl (C=O) groups excluding carboxylic acids is 1. The normalized spacial score (nSPS) is 11.9. The monoisotopic (exact) mass is 447 g/mol. The van der Waals surface area contributed by atoms with Gasteiger partial charge in [0.15, 0.2) is 0 Å². The van der Waals surface area contributed by atoms with Gasteiger partial charge in [0.1, 0.15) is 11.5 Å². The van der Waals surface area contributed by atoms with Crippen LogP contribution in [-0.2, 0) is 21.9 Å². The molecule has 0 amide bonds. The first kappa shape index (κ1) is 22.5. The summed E-state index contributed by atoms with van der Waals surface area (Å²) in [5.41, 5.74) is 0.945. The van der Waals surface area contributed by atoms with Crippen molar-refractivity contribution in [2.45, 2.75) is 39.5 Å². The molecule has 0 unspecified atom stereocenters. The molecule has 0 aliphatic rings. The second-order valence-electron chi connectivity index (χ2n) is 7.69. The van der Waals surface area contributed by atoms with E-state index in [1.165, 1.54) is 0 Å². The van der Waals surface area contributed by atoms with E-state index in [9.17, 15) is 22.8 Å². The molecule has 166 valence electrons. The summed E-state index contributed by atoms with van der Waals surface area (Å²) in [7, 11) is -2.45. The van der Waals surface area contributed by atoms with Crippen molar-refractivity contribution in [3.63, 3.8) is 0 Å². The highest BCUT2D eigenvalue weighted by molar-refractivity contribution is 7.93. The quantitative estimate of drug-likeness (QED) is 0.536. The Morgan fingerprint density at radius 1 is 1.26 bits per heavy atom. The third-order valence-corrected chi connectivity index (χ3v) is 6.06. The number of benzene rings is 1. The van der Waals surface area contributed by atoms with E-state index in [1.54, 1.807) is 43.0 Å². The number of H-pyrrole nitrogens is 1. The van der Waals surface area contributed by atoms with Crippen molar-refractivity contribution in [3.05, 3.63) is 50.8 Å². The lowest BCUT2D eigenvalue weighted by molar-refractivity contribution is -0.116. The van der Waals surface area contributed by atoms with Gasteiger partial charge in [0.25, 0.3) is 15.6 Å². The van der Waals surface area contributed by atoms with Gasteiger partial charge >= 0.3 is 5.69 Å². The maximum absolute atomic E-state index is 13.0. The van der Waals surface area contributed by atoms with Crippen molar-refractivity contribution in [2.75, 3.05) is 10.6 Å². The molecule has 31 heavy (non-hydrogen) atoms. The molecule has 3 aromatic rings. The molecule has 1 aromatic carbocycles. The third-order valence-electron chi connectivity index (χ3n) is 4.90. The summed E-state index contributed by atoms with van der Waals surface area (Å²) < 4.78 is 26.7. The smallest absolute Gasteiger partial charge is 0.305 e. The van der Waals surface area contributed by atoms with E-state index in [0.717, 1.165) is 16.8 Å². The van der Waals surface area contributed by atoms with E-state index < -0.39 is 32.8 Å². The SMILES string of the molecule is CCCC(=O)CS(=O)(=O)Nn1c(=O)[nH]c2cc(C(C)C)c(-c3ccnn3C)cc2c1=O. The maximum Gasteiger partial charge on any atom is 0.348 e. The van der Waals surface area contributed by atoms with E-state index in [-0.39, 0.29) is 17.7 Å². The lowest BCUT2D eigenvalue weighted by Crippen LogP contribution is -2.44. The van der Waals surface area contributed by atoms with Crippen molar-refractivity contribution in [1.29, 1.82) is 0 Å². The molecule has 2 heterocycles. The van der Waals surface area contributed by atoms with Crippen molar-refractivity contribution in [3.8, 4) is 11.3 Å². The van der Waals surface area contributed by atoms with Crippen LogP contribution in [0.3, 0.4) is 0 Å². The van der Waals surface area contributed by atoms with Crippen molar-refractivity contribution in [1.82, 2.24) is 19.4 Å². The first-order valence-electron chi connectivity index (χ1n) is 9.87. The highest BCUT2D eigenvalue weighted by atomic mass is 32.2. The van der Waals surface area contributed by atoms with Crippen LogP contribution in [-0.4, -0.2) is 39.4 Å². The lowest BCUT2D eigenvalue weighted by atomic mass is 9.93. The third kappa shape index (κ3) is 4.61. The number of sulfonamides is 1. The Hall–Kier alpha value is -3.21. The van der Waals surface area contributed by atoms with Crippen LogP contribution < -0.4 is 16.1 Å². The van der Waals surface area contributed by atoms with Gasteiger partial charge in [-0.25, -0.2) is 18.0 Å². The van der Waals surface area contributed by atoms with Crippen LogP contribution in [0.2, 0.25) is 0 Å². The molecule has 0 bridgehead atoms. The molecular weight excluding hydrogens is 422 g/mol. The van der Waals surface area contributed by atoms with Gasteiger partial charge in [0, 0.05) is 25.2 Å². The number of ketones is 1. The van der Waals surface area contributed by atoms with Gasteiger partial charge in [-0.2, -0.15) is 9.77 Å². The standard InChI is InChI=1S/C20H25N5O5S/c1-5-6-13(26)11-31(29,30)23-25-19(27)16-9-15(18-7-8-21-24(18)4)14(12(2)3)10-17(16)22-20(25)28/h7-10,12,23H,5-6,11H2,1-4H3,(H,22,28). The van der Waals surface area contributed by atoms with Crippen LogP contribution >= 0.6 is 0 Å². The Kier molecular flexibility index (Phi) is 6.16. The average molecular weight is 448 g/mol. The molecule has 0 spiro atoms. The number of aryl methyl sites for hydroxylation is 1. The zero-order valence-electron chi connectivity index (χ0n) is 17.8. The highest BCUT2D eigenvalue weighted by Gasteiger charge is 2.20. The molecule has 0 saturated heterocycles. The van der Waals surface area contributed by atoms with Crippen LogP contribution in [0.5, 0.6) is 0 Å². The molecule has 0 aliphatic carbocycles. The van der Waals surface area contributed by atoms with Crippen LogP contribution in [0, 0.1) is 0 Å². The van der Waals surface area contributed by atoms with E-state index in [1.807, 2.05) is 18.7 Å². The van der Waals surface area contributed by atoms with E-state index in [4.69, 9.17) is 0 Å². The van der Waals surface area contributed by atoms with Gasteiger partial charge in [0.2, 0.25) is 0 Å². The van der Waals surface area contributed by atoms with Gasteiger partial charge in [0.05, 0.1) is 16.6 Å². The molecule has 2 N–H and O–H groups in total. The van der Waals surface area contributed by atoms with Gasteiger partial charge in [-0.15, -0.1) is 0 Å². The van der Waals surface area contributed by atoms with Gasteiger partial charge < -0.3 is 4.98 Å². The molecule has 0 aliphatic heterocycles. The summed E-state index contributed by atoms with van der Waals surface area (Å²) in [4.78, 5) is 41.7. The summed E-state index contributed by atoms with van der Waals surface area (Å²) in [6, 6.07) is 5.14. The first-order valence-corrected chi connectivity index (χ1v) is 11.5. The van der Waals surface area contributed by atoms with Gasteiger partial charge in [-0.1, -0.05) is 20.8 Å². The number of nitrogens with one attached hydrogen (secondary N) is 2. The second-order valence-corrected chi connectivity index (χ2v) is 9.39. The van der Waals surface area contributed by atoms with Crippen LogP contribution in [0.1, 0.15) is 45.1 Å². The topological polar surface area (TPSA) is 136 Å². The number of fused-ring (bicyclic) bond motifs is 1. The van der Waals surface area contributed by atoms with Gasteiger partial charge in [-0.3, -0.25) is 14.3 Å². The molecule has 0 saturated carbocycles. The fourth-order valence-corrected chi connectivity index (χ4v) is 4.51. The fourth-order valence-electron chi connectivity index (χ4n) is 3.44. The van der Waals surface area contributed by atoms with E-state index in [0.29, 0.717) is 16.6 Å². The number of carbonyl (C=O) groups is 1. The Labute approximate surface area is 178 Å². The Bertz CT molecular complexity index is 1360. The van der Waals surface area contributed by atoms with Crippen molar-refractivity contribution in [2.24, 2.45) is 7.05 Å². The number of rotatable bonds is 8. The van der Waals surface area contributed by atoms with Gasteiger partial charge in [-0.05, 0) is 36.1 Å². The predicted molar refractivity (Wildman–Crippen MR) is 118 cm³/mol. The van der Waals surface area contributed by atoms with E-state index in [2.05, 4.69) is 10.1 Å². The molecule has 0 atom stereocenters. The lowest BCUT2D eigenvalue weighted by Gasteiger charge is -2.15. The molecule has 3 rings (SSSR count). The van der Waals surface area contributed by atoms with Crippen LogP contribution in [0.15, 0.2) is 34.0 Å². The van der Waals surface area contributed by atoms with Crippen molar-refractivity contribution < 1.29 is 13.2 Å². The first-order chi connectivity index (χ1) is 14.5. The zero-order valence-corrected chi connectivity index (χ0v) is 18.6. The second kappa shape index (κ2) is 8.50. The summed E-state index contributed by atoms with van der Waals surface area (Å²) in [6.45, 7) is 5.73. The summed E-state index contributed by atoms with van der Waals surface area (Å²) >= 11 is 0. The molecule has 0 radical (unpaired) electrons. The summed E-state index contributed by atoms with van der Waals surface area (Å²) in [6.07, 6.45) is 2.23. The summed E-state index contributed by atoms with van der Waals surface area (Å²) in [5, 5.41) is 4.30. The van der Waals surface area contributed by atoms with E-state index >= 15 is 0 Å². The molecule has 0 fully saturated rings. The minimum atomic E-state index is -4.22. The Morgan fingerprint density at radius 2 is 1.97 bits per heavy atom. The minimum absolute atomic E-state index is 0.0864. The Balaban J connectivity index is 2.17. The number of aromatic amines is 1. The number of nitrogens with zero attached hydrogens (tertiary/aromatic N) is 3. The predicted octanol–water partition coefficient (Wildman–Crippen LogP) is 1.46. The van der Waals surface area contributed by atoms with Crippen LogP contribution in [0.25, 0.3) is 22.2 Å². The largest absolute Gasteiger partial charge is 0.348 e. The summed E-state index contributed by atoms with van der Waals surface area (Å²) in [5.74, 6) is -1.22. The highest BCUT2D eigenvalue weighted by Crippen LogP contribution is 2.31. The molecule has 2 aromatic heterocycles. The number of Topliss-reactive ketones (excluding diaryl/α,β-unsaturated/α-hetero) is 1. The minimum Gasteiger partial charge on any atom is -0.305 e. The molecular formula is C20H25N5O5S. The molecule has 10 nitrogen and oxygen atoms in total. The number of aromatic nitrogens is 4. The fraction of sp³-hybridized carbons (Fsp3) is 0.400.